The minimum atomic E-state index is -0.502. The van der Waals surface area contributed by atoms with Crippen molar-refractivity contribution in [2.24, 2.45) is 0 Å². The van der Waals surface area contributed by atoms with Crippen LogP contribution < -0.4 is 15.5 Å². The Morgan fingerprint density at radius 2 is 2.00 bits per heavy atom. The maximum absolute atomic E-state index is 14.0. The Morgan fingerprint density at radius 3 is 2.73 bits per heavy atom. The molecule has 0 spiro atoms. The molecule has 0 radical (unpaired) electrons. The first-order valence-electron chi connectivity index (χ1n) is 8.42. The zero-order valence-electron chi connectivity index (χ0n) is 14.1. The summed E-state index contributed by atoms with van der Waals surface area (Å²) in [7, 11) is 0. The maximum Gasteiger partial charge on any atom is 0.319 e. The van der Waals surface area contributed by atoms with Crippen molar-refractivity contribution >= 4 is 23.3 Å². The summed E-state index contributed by atoms with van der Waals surface area (Å²) in [4.78, 5) is 25.2. The summed E-state index contributed by atoms with van der Waals surface area (Å²) in [5, 5.41) is 5.28. The first-order valence-corrected chi connectivity index (χ1v) is 8.42. The second-order valence-electron chi connectivity index (χ2n) is 6.08. The first kappa shape index (κ1) is 17.8. The SMILES string of the molecule is O=C(NCCc1cccc(F)c1)Nc1ccc(F)c(N2CCCC2=O)c1. The van der Waals surface area contributed by atoms with Gasteiger partial charge in [0.2, 0.25) is 5.91 Å². The molecule has 5 nitrogen and oxygen atoms in total. The van der Waals surface area contributed by atoms with Gasteiger partial charge in [-0.15, -0.1) is 0 Å². The molecular weight excluding hydrogens is 340 g/mol. The number of carbonyl (C=O) groups is 2. The monoisotopic (exact) mass is 359 g/mol. The third-order valence-corrected chi connectivity index (χ3v) is 4.16. The fraction of sp³-hybridized carbons (Fsp3) is 0.263. The molecule has 2 N–H and O–H groups in total. The van der Waals surface area contributed by atoms with E-state index in [1.165, 1.54) is 35.2 Å². The normalized spacial score (nSPS) is 13.8. The quantitative estimate of drug-likeness (QED) is 0.859. The van der Waals surface area contributed by atoms with Crippen LogP contribution in [-0.4, -0.2) is 25.0 Å². The Kier molecular flexibility index (Phi) is 5.46. The van der Waals surface area contributed by atoms with E-state index in [1.807, 2.05) is 0 Å². The fourth-order valence-electron chi connectivity index (χ4n) is 2.89. The zero-order chi connectivity index (χ0) is 18.5. The molecule has 0 unspecified atom stereocenters. The molecule has 0 bridgehead atoms. The molecular formula is C19H19F2N3O2. The minimum Gasteiger partial charge on any atom is -0.338 e. The van der Waals surface area contributed by atoms with Gasteiger partial charge in [0.15, 0.2) is 0 Å². The van der Waals surface area contributed by atoms with Crippen molar-refractivity contribution in [2.75, 3.05) is 23.3 Å². The summed E-state index contributed by atoms with van der Waals surface area (Å²) in [6.45, 7) is 0.799. The van der Waals surface area contributed by atoms with E-state index in [0.717, 1.165) is 5.56 Å². The van der Waals surface area contributed by atoms with Gasteiger partial charge < -0.3 is 15.5 Å². The predicted octanol–water partition coefficient (Wildman–Crippen LogP) is 3.46. The van der Waals surface area contributed by atoms with Crippen LogP contribution in [0.4, 0.5) is 25.0 Å². The molecule has 0 aromatic heterocycles. The van der Waals surface area contributed by atoms with E-state index >= 15 is 0 Å². The third-order valence-electron chi connectivity index (χ3n) is 4.16. The van der Waals surface area contributed by atoms with Crippen LogP contribution >= 0.6 is 0 Å². The smallest absolute Gasteiger partial charge is 0.319 e. The molecule has 1 aliphatic rings. The van der Waals surface area contributed by atoms with Crippen LogP contribution in [0.5, 0.6) is 0 Å². The number of urea groups is 1. The number of amides is 3. The van der Waals surface area contributed by atoms with Gasteiger partial charge in [-0.2, -0.15) is 0 Å². The van der Waals surface area contributed by atoms with Crippen LogP contribution in [0.1, 0.15) is 18.4 Å². The summed E-state index contributed by atoms with van der Waals surface area (Å²) < 4.78 is 27.1. The lowest BCUT2D eigenvalue weighted by molar-refractivity contribution is -0.117. The molecule has 2 aromatic carbocycles. The lowest BCUT2D eigenvalue weighted by Gasteiger charge is -2.18. The van der Waals surface area contributed by atoms with E-state index in [9.17, 15) is 18.4 Å². The van der Waals surface area contributed by atoms with Crippen molar-refractivity contribution in [1.82, 2.24) is 5.32 Å². The highest BCUT2D eigenvalue weighted by molar-refractivity contribution is 5.97. The largest absolute Gasteiger partial charge is 0.338 e. The maximum atomic E-state index is 14.0. The summed E-state index contributed by atoms with van der Waals surface area (Å²) in [6, 6.07) is 9.83. The standard InChI is InChI=1S/C19H19F2N3O2/c20-14-4-1-3-13(11-14)8-9-22-19(26)23-15-6-7-16(21)17(12-15)24-10-2-5-18(24)25/h1,3-4,6-7,11-12H,2,5,8-10H2,(H2,22,23,26). The number of benzene rings is 2. The number of carbonyl (C=O) groups excluding carboxylic acids is 2. The topological polar surface area (TPSA) is 61.4 Å². The van der Waals surface area contributed by atoms with E-state index in [2.05, 4.69) is 10.6 Å². The highest BCUT2D eigenvalue weighted by Crippen LogP contribution is 2.27. The molecule has 0 saturated carbocycles. The number of rotatable bonds is 5. The van der Waals surface area contributed by atoms with Gasteiger partial charge in [-0.25, -0.2) is 13.6 Å². The number of nitrogens with zero attached hydrogens (tertiary/aromatic N) is 1. The van der Waals surface area contributed by atoms with E-state index < -0.39 is 11.8 Å². The second-order valence-corrected chi connectivity index (χ2v) is 6.08. The minimum absolute atomic E-state index is 0.124. The van der Waals surface area contributed by atoms with Gasteiger partial charge in [0.25, 0.3) is 0 Å². The highest BCUT2D eigenvalue weighted by Gasteiger charge is 2.24. The number of hydrogen-bond donors (Lipinski definition) is 2. The summed E-state index contributed by atoms with van der Waals surface area (Å²) >= 11 is 0. The Hall–Kier alpha value is -2.96. The molecule has 26 heavy (non-hydrogen) atoms. The Morgan fingerprint density at radius 1 is 1.15 bits per heavy atom. The van der Waals surface area contributed by atoms with Crippen molar-refractivity contribution in [3.05, 3.63) is 59.7 Å². The van der Waals surface area contributed by atoms with Gasteiger partial charge in [0.05, 0.1) is 5.69 Å². The number of hydrogen-bond acceptors (Lipinski definition) is 2. The van der Waals surface area contributed by atoms with Gasteiger partial charge in [-0.3, -0.25) is 4.79 Å². The molecule has 2 aromatic rings. The van der Waals surface area contributed by atoms with Gasteiger partial charge in [0.1, 0.15) is 11.6 Å². The third kappa shape index (κ3) is 4.36. The fourth-order valence-corrected chi connectivity index (χ4v) is 2.89. The molecule has 0 atom stereocenters. The number of halogens is 2. The second kappa shape index (κ2) is 7.95. The summed E-state index contributed by atoms with van der Waals surface area (Å²) in [5.41, 5.74) is 1.34. The predicted molar refractivity (Wildman–Crippen MR) is 95.1 cm³/mol. The van der Waals surface area contributed by atoms with Crippen molar-refractivity contribution < 1.29 is 18.4 Å². The van der Waals surface area contributed by atoms with Crippen LogP contribution in [0.3, 0.4) is 0 Å². The van der Waals surface area contributed by atoms with E-state index in [-0.39, 0.29) is 17.4 Å². The molecule has 136 valence electrons. The van der Waals surface area contributed by atoms with Gasteiger partial charge in [-0.05, 0) is 48.7 Å². The lowest BCUT2D eigenvalue weighted by atomic mass is 10.1. The molecule has 1 heterocycles. The molecule has 1 saturated heterocycles. The molecule has 1 aliphatic heterocycles. The van der Waals surface area contributed by atoms with E-state index in [1.54, 1.807) is 12.1 Å². The zero-order valence-corrected chi connectivity index (χ0v) is 14.1. The average molecular weight is 359 g/mol. The van der Waals surface area contributed by atoms with Crippen LogP contribution in [0.2, 0.25) is 0 Å². The van der Waals surface area contributed by atoms with Crippen molar-refractivity contribution in [2.45, 2.75) is 19.3 Å². The van der Waals surface area contributed by atoms with Gasteiger partial charge in [-0.1, -0.05) is 12.1 Å². The molecule has 1 fully saturated rings. The van der Waals surface area contributed by atoms with Crippen LogP contribution in [-0.2, 0) is 11.2 Å². The number of anilines is 2. The summed E-state index contributed by atoms with van der Waals surface area (Å²) in [6.07, 6.45) is 1.58. The molecule has 0 aliphatic carbocycles. The molecule has 7 heteroatoms. The highest BCUT2D eigenvalue weighted by atomic mass is 19.1. The Balaban J connectivity index is 1.56. The summed E-state index contributed by atoms with van der Waals surface area (Å²) in [5.74, 6) is -0.944. The van der Waals surface area contributed by atoms with E-state index in [0.29, 0.717) is 38.0 Å². The van der Waals surface area contributed by atoms with Crippen LogP contribution in [0.15, 0.2) is 42.5 Å². The van der Waals surface area contributed by atoms with Gasteiger partial charge >= 0.3 is 6.03 Å². The lowest BCUT2D eigenvalue weighted by Crippen LogP contribution is -2.30. The van der Waals surface area contributed by atoms with Crippen molar-refractivity contribution in [3.8, 4) is 0 Å². The van der Waals surface area contributed by atoms with Crippen LogP contribution in [0.25, 0.3) is 0 Å². The molecule has 3 rings (SSSR count). The van der Waals surface area contributed by atoms with Crippen molar-refractivity contribution in [3.63, 3.8) is 0 Å². The Labute approximate surface area is 150 Å². The average Bonchev–Trinajstić information content (AvgIpc) is 3.02. The number of nitrogens with one attached hydrogen (secondary N) is 2. The molecule has 3 amide bonds. The van der Waals surface area contributed by atoms with Crippen LogP contribution in [0, 0.1) is 11.6 Å². The first-order chi connectivity index (χ1) is 12.5. The van der Waals surface area contributed by atoms with E-state index in [4.69, 9.17) is 0 Å². The van der Waals surface area contributed by atoms with Gasteiger partial charge in [0, 0.05) is 25.2 Å². The Bertz CT molecular complexity index is 826. The van der Waals surface area contributed by atoms with Crippen molar-refractivity contribution in [1.29, 1.82) is 0 Å².